The minimum absolute atomic E-state index is 0.363. The van der Waals surface area contributed by atoms with Gasteiger partial charge in [-0.05, 0) is 29.8 Å². The molecule has 1 fully saturated rings. The lowest BCUT2D eigenvalue weighted by Gasteiger charge is -2.13. The summed E-state index contributed by atoms with van der Waals surface area (Å²) in [5.41, 5.74) is 1.30. The summed E-state index contributed by atoms with van der Waals surface area (Å²) >= 11 is 0. The van der Waals surface area contributed by atoms with Crippen molar-refractivity contribution in [1.82, 2.24) is 10.2 Å². The molecule has 7 heteroatoms. The first-order valence-corrected chi connectivity index (χ1v) is 7.74. The van der Waals surface area contributed by atoms with Gasteiger partial charge in [0.25, 0.3) is 5.91 Å². The van der Waals surface area contributed by atoms with Crippen LogP contribution >= 0.6 is 0 Å². The molecule has 3 rings (SSSR count). The molecule has 25 heavy (non-hydrogen) atoms. The van der Waals surface area contributed by atoms with E-state index in [0.717, 1.165) is 10.5 Å². The first-order valence-electron chi connectivity index (χ1n) is 7.74. The molecule has 0 aromatic heterocycles. The Balaban J connectivity index is 1.60. The van der Waals surface area contributed by atoms with Crippen LogP contribution in [-0.2, 0) is 16.0 Å². The highest BCUT2D eigenvalue weighted by Gasteiger charge is 2.38. The van der Waals surface area contributed by atoms with E-state index in [0.29, 0.717) is 12.1 Å². The topological polar surface area (TPSA) is 78.5 Å². The first-order chi connectivity index (χ1) is 12.0. The Labute approximate surface area is 143 Å². The zero-order valence-corrected chi connectivity index (χ0v) is 13.2. The van der Waals surface area contributed by atoms with Crippen LogP contribution in [0.5, 0.6) is 0 Å². The molecule has 0 bridgehead atoms. The zero-order chi connectivity index (χ0) is 17.8. The number of amides is 4. The summed E-state index contributed by atoms with van der Waals surface area (Å²) in [6.07, 6.45) is 0.363. The van der Waals surface area contributed by atoms with E-state index in [1.54, 1.807) is 0 Å². The normalized spacial score (nSPS) is 16.7. The van der Waals surface area contributed by atoms with E-state index in [1.807, 2.05) is 30.3 Å². The lowest BCUT2D eigenvalue weighted by molar-refractivity contribution is -0.130. The molecule has 1 aliphatic heterocycles. The fourth-order valence-corrected chi connectivity index (χ4v) is 2.59. The number of benzene rings is 2. The predicted octanol–water partition coefficient (Wildman–Crippen LogP) is 1.93. The number of hydrogen-bond acceptors (Lipinski definition) is 3. The maximum Gasteiger partial charge on any atom is 0.325 e. The highest BCUT2D eigenvalue weighted by molar-refractivity contribution is 6.08. The van der Waals surface area contributed by atoms with Crippen LogP contribution in [0.25, 0.3) is 0 Å². The zero-order valence-electron chi connectivity index (χ0n) is 13.2. The maximum atomic E-state index is 12.9. The maximum absolute atomic E-state index is 12.9. The molecule has 2 N–H and O–H groups in total. The van der Waals surface area contributed by atoms with Crippen molar-refractivity contribution in [3.63, 3.8) is 0 Å². The Morgan fingerprint density at radius 1 is 1.08 bits per heavy atom. The van der Waals surface area contributed by atoms with Gasteiger partial charge in [-0.3, -0.25) is 14.5 Å². The van der Waals surface area contributed by atoms with Gasteiger partial charge in [-0.15, -0.1) is 0 Å². The van der Waals surface area contributed by atoms with Crippen LogP contribution in [0.3, 0.4) is 0 Å². The molecule has 0 saturated carbocycles. The van der Waals surface area contributed by atoms with Crippen molar-refractivity contribution in [3.05, 3.63) is 66.0 Å². The third-order valence-electron chi connectivity index (χ3n) is 3.82. The van der Waals surface area contributed by atoms with E-state index in [2.05, 4.69) is 10.6 Å². The first kappa shape index (κ1) is 16.6. The van der Waals surface area contributed by atoms with Crippen molar-refractivity contribution >= 4 is 23.5 Å². The van der Waals surface area contributed by atoms with Crippen LogP contribution in [-0.4, -0.2) is 35.3 Å². The fourth-order valence-electron chi connectivity index (χ4n) is 2.59. The Hall–Kier alpha value is -3.22. The van der Waals surface area contributed by atoms with Crippen molar-refractivity contribution in [3.8, 4) is 0 Å². The second kappa shape index (κ2) is 7.12. The Bertz CT molecular complexity index is 793. The fraction of sp³-hybridized carbons (Fsp3) is 0.167. The minimum atomic E-state index is -0.687. The van der Waals surface area contributed by atoms with Gasteiger partial charge in [0.1, 0.15) is 18.4 Å². The van der Waals surface area contributed by atoms with E-state index < -0.39 is 36.2 Å². The highest BCUT2D eigenvalue weighted by Crippen LogP contribution is 2.13. The van der Waals surface area contributed by atoms with Crippen LogP contribution in [0, 0.1) is 5.82 Å². The number of urea groups is 1. The van der Waals surface area contributed by atoms with Gasteiger partial charge >= 0.3 is 6.03 Å². The molecule has 0 aliphatic carbocycles. The number of hydrogen-bond donors (Lipinski definition) is 2. The lowest BCUT2D eigenvalue weighted by Crippen LogP contribution is -2.38. The van der Waals surface area contributed by atoms with Gasteiger partial charge in [-0.2, -0.15) is 0 Å². The van der Waals surface area contributed by atoms with Gasteiger partial charge in [-0.1, -0.05) is 30.3 Å². The molecule has 4 amide bonds. The monoisotopic (exact) mass is 341 g/mol. The van der Waals surface area contributed by atoms with Crippen LogP contribution in [0.1, 0.15) is 5.56 Å². The average molecular weight is 341 g/mol. The molecular formula is C18H16FN3O3. The minimum Gasteiger partial charge on any atom is -0.325 e. The molecule has 1 saturated heterocycles. The van der Waals surface area contributed by atoms with E-state index in [1.165, 1.54) is 24.3 Å². The van der Waals surface area contributed by atoms with E-state index in [9.17, 15) is 18.8 Å². The summed E-state index contributed by atoms with van der Waals surface area (Å²) in [4.78, 5) is 37.3. The van der Waals surface area contributed by atoms with Crippen molar-refractivity contribution in [2.24, 2.45) is 0 Å². The summed E-state index contributed by atoms with van der Waals surface area (Å²) in [5.74, 6) is -1.39. The second-order valence-corrected chi connectivity index (χ2v) is 5.67. The van der Waals surface area contributed by atoms with Gasteiger partial charge < -0.3 is 10.6 Å². The van der Waals surface area contributed by atoms with E-state index in [-0.39, 0.29) is 0 Å². The molecule has 2 aromatic carbocycles. The lowest BCUT2D eigenvalue weighted by atomic mass is 10.1. The van der Waals surface area contributed by atoms with Crippen molar-refractivity contribution in [2.45, 2.75) is 12.5 Å². The summed E-state index contributed by atoms with van der Waals surface area (Å²) in [6.45, 7) is -0.396. The van der Waals surface area contributed by atoms with Gasteiger partial charge in [0.2, 0.25) is 5.91 Å². The number of carbonyl (C=O) groups is 3. The highest BCUT2D eigenvalue weighted by atomic mass is 19.1. The molecule has 0 radical (unpaired) electrons. The molecule has 1 aliphatic rings. The Kier molecular flexibility index (Phi) is 4.74. The Morgan fingerprint density at radius 2 is 1.76 bits per heavy atom. The largest absolute Gasteiger partial charge is 0.325 e. The molecule has 1 atom stereocenters. The molecule has 0 spiro atoms. The van der Waals surface area contributed by atoms with Gasteiger partial charge in [-0.25, -0.2) is 9.18 Å². The number of rotatable bonds is 5. The SMILES string of the molecule is O=C(CN1C(=O)N[C@H](Cc2ccccc2)C1=O)Nc1ccc(F)cc1. The third-order valence-corrected chi connectivity index (χ3v) is 3.82. The molecule has 2 aromatic rings. The average Bonchev–Trinajstić information content (AvgIpc) is 2.85. The quantitative estimate of drug-likeness (QED) is 0.816. The second-order valence-electron chi connectivity index (χ2n) is 5.67. The Morgan fingerprint density at radius 3 is 2.44 bits per heavy atom. The van der Waals surface area contributed by atoms with Crippen LogP contribution in [0.4, 0.5) is 14.9 Å². The van der Waals surface area contributed by atoms with Gasteiger partial charge in [0, 0.05) is 12.1 Å². The van der Waals surface area contributed by atoms with Crippen molar-refractivity contribution < 1.29 is 18.8 Å². The molecule has 1 heterocycles. The third kappa shape index (κ3) is 4.00. The number of carbonyl (C=O) groups excluding carboxylic acids is 3. The molecule has 6 nitrogen and oxygen atoms in total. The molecular weight excluding hydrogens is 325 g/mol. The molecule has 128 valence electrons. The predicted molar refractivity (Wildman–Crippen MR) is 89.2 cm³/mol. The number of nitrogens with zero attached hydrogens (tertiary/aromatic N) is 1. The summed E-state index contributed by atoms with van der Waals surface area (Å²) in [7, 11) is 0. The van der Waals surface area contributed by atoms with Gasteiger partial charge in [0.15, 0.2) is 0 Å². The standard InChI is InChI=1S/C18H16FN3O3/c19-13-6-8-14(9-7-13)20-16(23)11-22-17(24)15(21-18(22)25)10-12-4-2-1-3-5-12/h1-9,15H,10-11H2,(H,20,23)(H,21,25)/t15-/m1/s1. The number of anilines is 1. The number of nitrogens with one attached hydrogen (secondary N) is 2. The number of halogens is 1. The van der Waals surface area contributed by atoms with E-state index in [4.69, 9.17) is 0 Å². The summed E-state index contributed by atoms with van der Waals surface area (Å²) in [5, 5.41) is 5.11. The van der Waals surface area contributed by atoms with Crippen LogP contribution in [0.15, 0.2) is 54.6 Å². The molecule has 0 unspecified atom stereocenters. The summed E-state index contributed by atoms with van der Waals surface area (Å²) < 4.78 is 12.9. The van der Waals surface area contributed by atoms with Crippen LogP contribution in [0.2, 0.25) is 0 Å². The van der Waals surface area contributed by atoms with Crippen molar-refractivity contribution in [1.29, 1.82) is 0 Å². The van der Waals surface area contributed by atoms with Crippen LogP contribution < -0.4 is 10.6 Å². The summed E-state index contributed by atoms with van der Waals surface area (Å²) in [6, 6.07) is 13.2. The van der Waals surface area contributed by atoms with Crippen molar-refractivity contribution in [2.75, 3.05) is 11.9 Å². The smallest absolute Gasteiger partial charge is 0.325 e. The van der Waals surface area contributed by atoms with Gasteiger partial charge in [0.05, 0.1) is 0 Å². The number of imide groups is 1. The van der Waals surface area contributed by atoms with E-state index >= 15 is 0 Å².